The van der Waals surface area contributed by atoms with E-state index in [2.05, 4.69) is 10.6 Å². The number of carbonyl (C=O) groups is 2. The van der Waals surface area contributed by atoms with E-state index in [1.54, 1.807) is 6.92 Å². The van der Waals surface area contributed by atoms with Gasteiger partial charge in [0.15, 0.2) is 9.84 Å². The van der Waals surface area contributed by atoms with Gasteiger partial charge in [-0.25, -0.2) is 26.8 Å². The average Bonchev–Trinajstić information content (AvgIpc) is 2.70. The second kappa shape index (κ2) is 9.03. The Morgan fingerprint density at radius 3 is 2.45 bits per heavy atom. The Bertz CT molecular complexity index is 1170. The SMILES string of the molecule is CCOC(=O)C1=C(CS(=O)(=O)c2ccc(F)c(Cl)c2)NC(=O)N[C@H]1c1ccc(F)cc1. The van der Waals surface area contributed by atoms with Crippen LogP contribution in [0.2, 0.25) is 5.02 Å². The second-order valence-corrected chi connectivity index (χ2v) is 8.93. The Kier molecular flexibility index (Phi) is 6.61. The summed E-state index contributed by atoms with van der Waals surface area (Å²) in [6, 6.07) is 6.04. The van der Waals surface area contributed by atoms with Gasteiger partial charge in [0.05, 0.1) is 33.9 Å². The van der Waals surface area contributed by atoms with Crippen LogP contribution in [0, 0.1) is 11.6 Å². The van der Waals surface area contributed by atoms with Crippen LogP contribution in [0.25, 0.3) is 0 Å². The summed E-state index contributed by atoms with van der Waals surface area (Å²) in [6.07, 6.45) is 0. The summed E-state index contributed by atoms with van der Waals surface area (Å²) >= 11 is 5.69. The van der Waals surface area contributed by atoms with Crippen molar-refractivity contribution < 1.29 is 31.5 Å². The van der Waals surface area contributed by atoms with E-state index in [-0.39, 0.29) is 27.8 Å². The van der Waals surface area contributed by atoms with Crippen molar-refractivity contribution in [2.24, 2.45) is 0 Å². The van der Waals surface area contributed by atoms with E-state index >= 15 is 0 Å². The standard InChI is InChI=1S/C20H17ClF2N2O5S/c1-2-30-19(26)17-16(10-31(28,29)13-7-8-15(23)14(21)9-13)24-20(27)25-18(17)11-3-5-12(22)6-4-11/h3-9,18H,2,10H2,1H3,(H2,24,25,27)/t18-/m0/s1. The predicted octanol–water partition coefficient (Wildman–Crippen LogP) is 3.26. The van der Waals surface area contributed by atoms with E-state index in [1.807, 2.05) is 0 Å². The minimum absolute atomic E-state index is 0.0000175. The lowest BCUT2D eigenvalue weighted by molar-refractivity contribution is -0.139. The van der Waals surface area contributed by atoms with Crippen LogP contribution in [-0.2, 0) is 19.4 Å². The second-order valence-electron chi connectivity index (χ2n) is 6.53. The third-order valence-corrected chi connectivity index (χ3v) is 6.37. The van der Waals surface area contributed by atoms with Crippen molar-refractivity contribution in [1.29, 1.82) is 0 Å². The Balaban J connectivity index is 2.10. The Hall–Kier alpha value is -2.98. The maximum atomic E-state index is 13.4. The number of urea groups is 1. The molecule has 0 aliphatic carbocycles. The fraction of sp³-hybridized carbons (Fsp3) is 0.200. The normalized spacial score (nSPS) is 16.5. The van der Waals surface area contributed by atoms with Crippen LogP contribution in [0.1, 0.15) is 18.5 Å². The number of ether oxygens (including phenoxy) is 1. The maximum absolute atomic E-state index is 13.4. The molecular weight excluding hydrogens is 454 g/mol. The molecule has 1 aliphatic rings. The van der Waals surface area contributed by atoms with E-state index in [1.165, 1.54) is 12.1 Å². The van der Waals surface area contributed by atoms with Gasteiger partial charge in [0.2, 0.25) is 0 Å². The highest BCUT2D eigenvalue weighted by molar-refractivity contribution is 7.91. The number of rotatable bonds is 6. The monoisotopic (exact) mass is 470 g/mol. The quantitative estimate of drug-likeness (QED) is 0.498. The molecule has 2 N–H and O–H groups in total. The summed E-state index contributed by atoms with van der Waals surface area (Å²) in [7, 11) is -4.14. The lowest BCUT2D eigenvalue weighted by atomic mass is 9.95. The molecule has 2 aromatic carbocycles. The van der Waals surface area contributed by atoms with Gasteiger partial charge in [-0.2, -0.15) is 0 Å². The Labute approximate surface area is 182 Å². The number of hydrogen-bond acceptors (Lipinski definition) is 5. The van der Waals surface area contributed by atoms with Crippen molar-refractivity contribution in [3.8, 4) is 0 Å². The Morgan fingerprint density at radius 1 is 1.16 bits per heavy atom. The lowest BCUT2D eigenvalue weighted by Crippen LogP contribution is -2.47. The average molecular weight is 471 g/mol. The smallest absolute Gasteiger partial charge is 0.338 e. The molecule has 0 radical (unpaired) electrons. The molecule has 1 atom stereocenters. The number of carbonyl (C=O) groups excluding carboxylic acids is 2. The van der Waals surface area contributed by atoms with Gasteiger partial charge in [0, 0.05) is 5.70 Å². The molecule has 0 saturated carbocycles. The molecule has 7 nitrogen and oxygen atoms in total. The summed E-state index contributed by atoms with van der Waals surface area (Å²) in [4.78, 5) is 24.6. The highest BCUT2D eigenvalue weighted by atomic mass is 35.5. The van der Waals surface area contributed by atoms with Gasteiger partial charge in [-0.1, -0.05) is 23.7 Å². The number of hydrogen-bond donors (Lipinski definition) is 2. The van der Waals surface area contributed by atoms with Gasteiger partial charge in [0.25, 0.3) is 0 Å². The molecule has 0 bridgehead atoms. The van der Waals surface area contributed by atoms with Crippen molar-refractivity contribution in [3.05, 3.63) is 76.0 Å². The van der Waals surface area contributed by atoms with E-state index in [0.717, 1.165) is 30.3 Å². The third kappa shape index (κ3) is 5.02. The zero-order chi connectivity index (χ0) is 22.8. The summed E-state index contributed by atoms with van der Waals surface area (Å²) in [5, 5.41) is 4.46. The summed E-state index contributed by atoms with van der Waals surface area (Å²) in [5.41, 5.74) is -0.0131. The van der Waals surface area contributed by atoms with Crippen LogP contribution in [-0.4, -0.2) is 32.8 Å². The number of halogens is 3. The van der Waals surface area contributed by atoms with Crippen LogP contribution in [0.15, 0.2) is 58.6 Å². The highest BCUT2D eigenvalue weighted by Gasteiger charge is 2.35. The van der Waals surface area contributed by atoms with Crippen LogP contribution >= 0.6 is 11.6 Å². The number of esters is 1. The van der Waals surface area contributed by atoms with Gasteiger partial charge in [0.1, 0.15) is 11.6 Å². The van der Waals surface area contributed by atoms with Gasteiger partial charge < -0.3 is 15.4 Å². The van der Waals surface area contributed by atoms with Crippen molar-refractivity contribution >= 4 is 33.4 Å². The topological polar surface area (TPSA) is 102 Å². The van der Waals surface area contributed by atoms with E-state index in [4.69, 9.17) is 16.3 Å². The molecule has 164 valence electrons. The molecule has 11 heteroatoms. The molecule has 0 unspecified atom stereocenters. The molecule has 0 aromatic heterocycles. The van der Waals surface area contributed by atoms with Crippen LogP contribution in [0.4, 0.5) is 13.6 Å². The minimum Gasteiger partial charge on any atom is -0.463 e. The van der Waals surface area contributed by atoms with Crippen LogP contribution < -0.4 is 10.6 Å². The molecule has 31 heavy (non-hydrogen) atoms. The number of nitrogens with one attached hydrogen (secondary N) is 2. The lowest BCUT2D eigenvalue weighted by Gasteiger charge is -2.29. The molecule has 3 rings (SSSR count). The maximum Gasteiger partial charge on any atom is 0.338 e. The molecule has 0 spiro atoms. The first-order chi connectivity index (χ1) is 14.6. The zero-order valence-electron chi connectivity index (χ0n) is 16.1. The first kappa shape index (κ1) is 22.7. The van der Waals surface area contributed by atoms with Crippen LogP contribution in [0.5, 0.6) is 0 Å². The first-order valence-electron chi connectivity index (χ1n) is 9.03. The van der Waals surface area contributed by atoms with Crippen molar-refractivity contribution in [3.63, 3.8) is 0 Å². The summed E-state index contributed by atoms with van der Waals surface area (Å²) in [5.74, 6) is -2.96. The molecular formula is C20H17ClF2N2O5S. The number of benzene rings is 2. The van der Waals surface area contributed by atoms with E-state index in [9.17, 15) is 26.8 Å². The van der Waals surface area contributed by atoms with E-state index in [0.29, 0.717) is 5.56 Å². The van der Waals surface area contributed by atoms with Crippen molar-refractivity contribution in [2.75, 3.05) is 12.4 Å². The minimum atomic E-state index is -4.14. The summed E-state index contributed by atoms with van der Waals surface area (Å²) in [6.45, 7) is 1.57. The summed E-state index contributed by atoms with van der Waals surface area (Å²) < 4.78 is 57.6. The molecule has 0 saturated heterocycles. The van der Waals surface area contributed by atoms with Gasteiger partial charge in [-0.15, -0.1) is 0 Å². The number of sulfone groups is 1. The third-order valence-electron chi connectivity index (χ3n) is 4.44. The predicted molar refractivity (Wildman–Crippen MR) is 108 cm³/mol. The van der Waals surface area contributed by atoms with Crippen molar-refractivity contribution in [2.45, 2.75) is 17.9 Å². The van der Waals surface area contributed by atoms with Gasteiger partial charge >= 0.3 is 12.0 Å². The molecule has 2 amide bonds. The zero-order valence-corrected chi connectivity index (χ0v) is 17.7. The molecule has 0 fully saturated rings. The van der Waals surface area contributed by atoms with Crippen molar-refractivity contribution in [1.82, 2.24) is 10.6 Å². The molecule has 2 aromatic rings. The Morgan fingerprint density at radius 2 is 1.84 bits per heavy atom. The van der Waals surface area contributed by atoms with Gasteiger partial charge in [-0.05, 0) is 42.8 Å². The largest absolute Gasteiger partial charge is 0.463 e. The highest BCUT2D eigenvalue weighted by Crippen LogP contribution is 2.30. The van der Waals surface area contributed by atoms with E-state index < -0.39 is 45.3 Å². The fourth-order valence-electron chi connectivity index (χ4n) is 3.03. The van der Waals surface area contributed by atoms with Crippen LogP contribution in [0.3, 0.4) is 0 Å². The first-order valence-corrected chi connectivity index (χ1v) is 11.1. The van der Waals surface area contributed by atoms with Gasteiger partial charge in [-0.3, -0.25) is 0 Å². The number of amides is 2. The molecule has 1 aliphatic heterocycles. The molecule has 1 heterocycles. The fourth-order valence-corrected chi connectivity index (χ4v) is 4.62.